The van der Waals surface area contributed by atoms with Crippen LogP contribution in [0.5, 0.6) is 0 Å². The van der Waals surface area contributed by atoms with Crippen LogP contribution in [0.25, 0.3) is 0 Å². The molecule has 0 spiro atoms. The molecule has 1 aromatic rings. The molecule has 1 saturated carbocycles. The fourth-order valence-corrected chi connectivity index (χ4v) is 2.60. The lowest BCUT2D eigenvalue weighted by atomic mass is 9.85. The van der Waals surface area contributed by atoms with Crippen LogP contribution < -0.4 is 11.1 Å². The molecule has 0 saturated heterocycles. The van der Waals surface area contributed by atoms with Gasteiger partial charge in [0.2, 0.25) is 5.91 Å². The van der Waals surface area contributed by atoms with Crippen molar-refractivity contribution in [2.75, 3.05) is 5.32 Å². The van der Waals surface area contributed by atoms with Crippen LogP contribution in [0, 0.1) is 12.8 Å². The van der Waals surface area contributed by atoms with Gasteiger partial charge in [-0.25, -0.2) is 0 Å². The highest BCUT2D eigenvalue weighted by Crippen LogP contribution is 2.27. The number of carbonyl (C=O) groups is 1. The molecule has 1 amide bonds. The van der Waals surface area contributed by atoms with Crippen LogP contribution in [-0.4, -0.2) is 11.9 Å². The number of carbonyl (C=O) groups excluding carboxylic acids is 1. The van der Waals surface area contributed by atoms with Crippen molar-refractivity contribution in [1.29, 1.82) is 0 Å². The summed E-state index contributed by atoms with van der Waals surface area (Å²) in [4.78, 5) is 12.2. The van der Waals surface area contributed by atoms with E-state index in [1.165, 1.54) is 0 Å². The maximum Gasteiger partial charge on any atom is 0.227 e. The number of aryl methyl sites for hydroxylation is 1. The van der Waals surface area contributed by atoms with Gasteiger partial charge in [-0.3, -0.25) is 4.79 Å². The highest BCUT2D eigenvalue weighted by Gasteiger charge is 2.25. The van der Waals surface area contributed by atoms with Gasteiger partial charge in [0.25, 0.3) is 0 Å². The molecule has 2 unspecified atom stereocenters. The zero-order valence-corrected chi connectivity index (χ0v) is 11.3. The van der Waals surface area contributed by atoms with E-state index >= 15 is 0 Å². The van der Waals surface area contributed by atoms with Gasteiger partial charge in [0, 0.05) is 12.0 Å². The molecule has 18 heavy (non-hydrogen) atoms. The van der Waals surface area contributed by atoms with Gasteiger partial charge < -0.3 is 11.1 Å². The molecule has 2 atom stereocenters. The molecule has 0 bridgehead atoms. The van der Waals surface area contributed by atoms with E-state index in [4.69, 9.17) is 17.3 Å². The van der Waals surface area contributed by atoms with E-state index in [0.717, 1.165) is 31.2 Å². The third-order valence-electron chi connectivity index (χ3n) is 3.47. The summed E-state index contributed by atoms with van der Waals surface area (Å²) in [5.74, 6) is 0.0583. The summed E-state index contributed by atoms with van der Waals surface area (Å²) in [5, 5.41) is 3.49. The molecule has 3 N–H and O–H groups in total. The average molecular weight is 267 g/mol. The Morgan fingerprint density at radius 2 is 2.22 bits per heavy atom. The lowest BCUT2D eigenvalue weighted by Gasteiger charge is -2.25. The van der Waals surface area contributed by atoms with Crippen LogP contribution in [0.2, 0.25) is 5.02 Å². The molecule has 0 radical (unpaired) electrons. The second-order valence-corrected chi connectivity index (χ2v) is 5.50. The summed E-state index contributed by atoms with van der Waals surface area (Å²) in [6.07, 6.45) is 3.74. The molecule has 0 aromatic heterocycles. The number of amides is 1. The zero-order chi connectivity index (χ0) is 13.1. The second-order valence-electron chi connectivity index (χ2n) is 5.10. The van der Waals surface area contributed by atoms with Crippen LogP contribution in [0.1, 0.15) is 31.2 Å². The van der Waals surface area contributed by atoms with Gasteiger partial charge in [-0.15, -0.1) is 0 Å². The van der Waals surface area contributed by atoms with E-state index in [0.29, 0.717) is 10.7 Å². The maximum absolute atomic E-state index is 12.2. The molecule has 2 rings (SSSR count). The fourth-order valence-electron chi connectivity index (χ4n) is 2.44. The Balaban J connectivity index is 2.04. The summed E-state index contributed by atoms with van der Waals surface area (Å²) in [6.45, 7) is 1.97. The largest absolute Gasteiger partial charge is 0.328 e. The van der Waals surface area contributed by atoms with Crippen LogP contribution in [0.15, 0.2) is 18.2 Å². The van der Waals surface area contributed by atoms with Crippen molar-refractivity contribution >= 4 is 23.2 Å². The Labute approximate surface area is 113 Å². The van der Waals surface area contributed by atoms with Crippen molar-refractivity contribution in [1.82, 2.24) is 0 Å². The topological polar surface area (TPSA) is 55.1 Å². The number of anilines is 1. The number of nitrogens with two attached hydrogens (primary N) is 1. The molecule has 0 heterocycles. The minimum absolute atomic E-state index is 0.0188. The first kappa shape index (κ1) is 13.4. The summed E-state index contributed by atoms with van der Waals surface area (Å²) in [5.41, 5.74) is 7.68. The van der Waals surface area contributed by atoms with Gasteiger partial charge in [0.15, 0.2) is 0 Å². The van der Waals surface area contributed by atoms with E-state index < -0.39 is 0 Å². The van der Waals surface area contributed by atoms with Gasteiger partial charge in [0.1, 0.15) is 0 Å². The van der Waals surface area contributed by atoms with Gasteiger partial charge in [-0.05, 0) is 43.9 Å². The van der Waals surface area contributed by atoms with E-state index in [1.54, 1.807) is 6.07 Å². The number of nitrogens with one attached hydrogen (secondary N) is 1. The molecular formula is C14H19ClN2O. The Hall–Kier alpha value is -1.06. The highest BCUT2D eigenvalue weighted by molar-refractivity contribution is 6.33. The van der Waals surface area contributed by atoms with Gasteiger partial charge in [-0.1, -0.05) is 24.1 Å². The van der Waals surface area contributed by atoms with Crippen molar-refractivity contribution < 1.29 is 4.79 Å². The summed E-state index contributed by atoms with van der Waals surface area (Å²) in [7, 11) is 0. The summed E-state index contributed by atoms with van der Waals surface area (Å²) < 4.78 is 0. The fraction of sp³-hybridized carbons (Fsp3) is 0.500. The van der Waals surface area contributed by atoms with Crippen LogP contribution in [0.4, 0.5) is 5.69 Å². The number of hydrogen-bond donors (Lipinski definition) is 2. The van der Waals surface area contributed by atoms with Crippen molar-refractivity contribution in [3.63, 3.8) is 0 Å². The van der Waals surface area contributed by atoms with Crippen LogP contribution >= 0.6 is 11.6 Å². The molecule has 1 aromatic carbocycles. The predicted octanol–water partition coefficient (Wildman–Crippen LogP) is 3.10. The first-order chi connectivity index (χ1) is 8.56. The Bertz CT molecular complexity index is 447. The van der Waals surface area contributed by atoms with E-state index in [1.807, 2.05) is 19.1 Å². The third kappa shape index (κ3) is 3.24. The summed E-state index contributed by atoms with van der Waals surface area (Å²) in [6, 6.07) is 5.78. The van der Waals surface area contributed by atoms with E-state index in [-0.39, 0.29) is 17.9 Å². The van der Waals surface area contributed by atoms with Crippen molar-refractivity contribution in [2.45, 2.75) is 38.6 Å². The molecule has 0 aliphatic heterocycles. The predicted molar refractivity (Wildman–Crippen MR) is 74.8 cm³/mol. The molecular weight excluding hydrogens is 248 g/mol. The first-order valence-electron chi connectivity index (χ1n) is 6.39. The number of hydrogen-bond acceptors (Lipinski definition) is 2. The quantitative estimate of drug-likeness (QED) is 0.864. The minimum atomic E-state index is 0.0188. The third-order valence-corrected chi connectivity index (χ3v) is 3.79. The zero-order valence-electron chi connectivity index (χ0n) is 10.6. The SMILES string of the molecule is Cc1ccc(Cl)c(NC(=O)C2CCCC(N)C2)c1. The van der Waals surface area contributed by atoms with Gasteiger partial charge in [-0.2, -0.15) is 0 Å². The van der Waals surface area contributed by atoms with Gasteiger partial charge in [0.05, 0.1) is 10.7 Å². The first-order valence-corrected chi connectivity index (χ1v) is 6.76. The Kier molecular flexibility index (Phi) is 4.25. The van der Waals surface area contributed by atoms with E-state index in [9.17, 15) is 4.79 Å². The normalized spacial score (nSPS) is 23.7. The number of rotatable bonds is 2. The molecule has 1 fully saturated rings. The van der Waals surface area contributed by atoms with Crippen molar-refractivity contribution in [3.05, 3.63) is 28.8 Å². The average Bonchev–Trinajstić information content (AvgIpc) is 2.34. The highest BCUT2D eigenvalue weighted by atomic mass is 35.5. The molecule has 3 nitrogen and oxygen atoms in total. The molecule has 1 aliphatic carbocycles. The van der Waals surface area contributed by atoms with Crippen molar-refractivity contribution in [2.24, 2.45) is 11.7 Å². The Morgan fingerprint density at radius 3 is 2.94 bits per heavy atom. The Morgan fingerprint density at radius 1 is 1.44 bits per heavy atom. The van der Waals surface area contributed by atoms with Crippen molar-refractivity contribution in [3.8, 4) is 0 Å². The lowest BCUT2D eigenvalue weighted by molar-refractivity contribution is -0.120. The smallest absolute Gasteiger partial charge is 0.227 e. The number of benzene rings is 1. The van der Waals surface area contributed by atoms with E-state index in [2.05, 4.69) is 5.32 Å². The number of halogens is 1. The summed E-state index contributed by atoms with van der Waals surface area (Å²) >= 11 is 6.07. The molecule has 4 heteroatoms. The monoisotopic (exact) mass is 266 g/mol. The van der Waals surface area contributed by atoms with Crippen LogP contribution in [0.3, 0.4) is 0 Å². The molecule has 98 valence electrons. The lowest BCUT2D eigenvalue weighted by Crippen LogP contribution is -2.34. The standard InChI is InChI=1S/C14H19ClN2O/c1-9-5-6-12(15)13(7-9)17-14(18)10-3-2-4-11(16)8-10/h5-7,10-11H,2-4,8,16H2,1H3,(H,17,18). The second kappa shape index (κ2) is 5.72. The van der Waals surface area contributed by atoms with Gasteiger partial charge >= 0.3 is 0 Å². The van der Waals surface area contributed by atoms with Crippen LogP contribution in [-0.2, 0) is 4.79 Å². The molecule has 1 aliphatic rings. The minimum Gasteiger partial charge on any atom is -0.328 e. The maximum atomic E-state index is 12.2.